The average molecular weight is 312 g/mol. The lowest BCUT2D eigenvalue weighted by atomic mass is 9.99. The van der Waals surface area contributed by atoms with E-state index in [0.717, 1.165) is 6.07 Å². The molecule has 1 atom stereocenters. The molecule has 0 fully saturated rings. The molecule has 0 heterocycles. The Bertz CT molecular complexity index is 663. The summed E-state index contributed by atoms with van der Waals surface area (Å²) in [4.78, 5) is 11.5. The Labute approximate surface area is 124 Å². The van der Waals surface area contributed by atoms with E-state index in [1.807, 2.05) is 0 Å². The van der Waals surface area contributed by atoms with Crippen molar-refractivity contribution in [3.8, 4) is 5.75 Å². The molecule has 6 heteroatoms. The fraction of sp³-hybridized carbons (Fsp3) is 0.188. The molecule has 0 N–H and O–H groups in total. The first-order valence-electron chi connectivity index (χ1n) is 6.41. The van der Waals surface area contributed by atoms with Crippen molar-refractivity contribution in [2.45, 2.75) is 19.2 Å². The van der Waals surface area contributed by atoms with Gasteiger partial charge in [-0.25, -0.2) is 4.39 Å². The molecule has 116 valence electrons. The maximum Gasteiger partial charge on any atom is 0.454 e. The van der Waals surface area contributed by atoms with Crippen LogP contribution in [0.15, 0.2) is 48.5 Å². The largest absolute Gasteiger partial charge is 0.486 e. The molecule has 0 bridgehead atoms. The number of alkyl halides is 3. The van der Waals surface area contributed by atoms with Crippen LogP contribution in [0, 0.1) is 5.82 Å². The van der Waals surface area contributed by atoms with Crippen LogP contribution in [0.5, 0.6) is 5.75 Å². The summed E-state index contributed by atoms with van der Waals surface area (Å²) >= 11 is 0. The zero-order valence-electron chi connectivity index (χ0n) is 11.5. The minimum atomic E-state index is -4.95. The number of carbonyl (C=O) groups is 1. The summed E-state index contributed by atoms with van der Waals surface area (Å²) in [5.74, 6) is -2.08. The SMILES string of the molecule is CC(Oc1ccc(F)cc1)c1ccccc1C(=O)C(F)(F)F. The first-order chi connectivity index (χ1) is 10.3. The van der Waals surface area contributed by atoms with Crippen LogP contribution in [0.4, 0.5) is 17.6 Å². The second-order valence-corrected chi connectivity index (χ2v) is 4.63. The highest BCUT2D eigenvalue weighted by atomic mass is 19.4. The topological polar surface area (TPSA) is 26.3 Å². The van der Waals surface area contributed by atoms with E-state index >= 15 is 0 Å². The summed E-state index contributed by atoms with van der Waals surface area (Å²) in [6.45, 7) is 1.52. The molecule has 0 saturated heterocycles. The van der Waals surface area contributed by atoms with Gasteiger partial charge in [-0.2, -0.15) is 13.2 Å². The fourth-order valence-electron chi connectivity index (χ4n) is 1.99. The van der Waals surface area contributed by atoms with E-state index in [2.05, 4.69) is 0 Å². The number of hydrogen-bond donors (Lipinski definition) is 0. The van der Waals surface area contributed by atoms with Gasteiger partial charge in [-0.15, -0.1) is 0 Å². The highest BCUT2D eigenvalue weighted by Gasteiger charge is 2.40. The van der Waals surface area contributed by atoms with E-state index in [1.54, 1.807) is 0 Å². The van der Waals surface area contributed by atoms with Crippen molar-refractivity contribution < 1.29 is 27.1 Å². The van der Waals surface area contributed by atoms with Gasteiger partial charge in [0.25, 0.3) is 5.78 Å². The molecular weight excluding hydrogens is 300 g/mol. The number of carbonyl (C=O) groups excluding carboxylic acids is 1. The highest BCUT2D eigenvalue weighted by Crippen LogP contribution is 2.29. The predicted molar refractivity (Wildman–Crippen MR) is 72.3 cm³/mol. The smallest absolute Gasteiger partial charge is 0.454 e. The Morgan fingerprint density at radius 3 is 2.23 bits per heavy atom. The molecule has 0 saturated carbocycles. The molecule has 2 aromatic carbocycles. The molecular formula is C16H12F4O2. The lowest BCUT2D eigenvalue weighted by Gasteiger charge is -2.18. The van der Waals surface area contributed by atoms with Gasteiger partial charge in [0.2, 0.25) is 0 Å². The summed E-state index contributed by atoms with van der Waals surface area (Å²) in [5.41, 5.74) is -0.334. The molecule has 0 spiro atoms. The molecule has 0 radical (unpaired) electrons. The molecule has 0 aliphatic rings. The van der Waals surface area contributed by atoms with Gasteiger partial charge in [-0.05, 0) is 31.2 Å². The standard InChI is InChI=1S/C16H12F4O2/c1-10(22-12-8-6-11(17)7-9-12)13-4-2-3-5-14(13)15(21)16(18,19)20/h2-10H,1H3. The summed E-state index contributed by atoms with van der Waals surface area (Å²) in [6.07, 6.45) is -5.75. The van der Waals surface area contributed by atoms with Crippen LogP contribution >= 0.6 is 0 Å². The van der Waals surface area contributed by atoms with E-state index < -0.39 is 29.4 Å². The molecule has 1 unspecified atom stereocenters. The first kappa shape index (κ1) is 16.0. The van der Waals surface area contributed by atoms with Crippen molar-refractivity contribution in [2.24, 2.45) is 0 Å². The molecule has 0 aliphatic carbocycles. The minimum absolute atomic E-state index is 0.120. The Morgan fingerprint density at radius 1 is 1.05 bits per heavy atom. The molecule has 22 heavy (non-hydrogen) atoms. The summed E-state index contributed by atoms with van der Waals surface area (Å²) in [6, 6.07) is 10.5. The monoisotopic (exact) mass is 312 g/mol. The Hall–Kier alpha value is -2.37. The lowest BCUT2D eigenvalue weighted by molar-refractivity contribution is -0.0886. The van der Waals surface area contributed by atoms with Crippen LogP contribution in [0.1, 0.15) is 28.9 Å². The van der Waals surface area contributed by atoms with Crippen LogP contribution < -0.4 is 4.74 Å². The van der Waals surface area contributed by atoms with Crippen molar-refractivity contribution >= 4 is 5.78 Å². The summed E-state index contributed by atoms with van der Waals surface area (Å²) < 4.78 is 56.1. The zero-order chi connectivity index (χ0) is 16.3. The van der Waals surface area contributed by atoms with Gasteiger partial charge in [0.05, 0.1) is 0 Å². The predicted octanol–water partition coefficient (Wildman–Crippen LogP) is 4.71. The fourth-order valence-corrected chi connectivity index (χ4v) is 1.99. The molecule has 2 nitrogen and oxygen atoms in total. The van der Waals surface area contributed by atoms with Gasteiger partial charge in [-0.3, -0.25) is 4.79 Å². The maximum absolute atomic E-state index is 12.8. The van der Waals surface area contributed by atoms with Crippen molar-refractivity contribution in [1.82, 2.24) is 0 Å². The van der Waals surface area contributed by atoms with E-state index in [1.165, 1.54) is 49.4 Å². The van der Waals surface area contributed by atoms with E-state index in [-0.39, 0.29) is 5.56 Å². The van der Waals surface area contributed by atoms with Crippen LogP contribution in [-0.2, 0) is 0 Å². The third-order valence-electron chi connectivity index (χ3n) is 3.03. The first-order valence-corrected chi connectivity index (χ1v) is 6.41. The van der Waals surface area contributed by atoms with Gasteiger partial charge < -0.3 is 4.74 Å². The quantitative estimate of drug-likeness (QED) is 0.603. The lowest BCUT2D eigenvalue weighted by Crippen LogP contribution is -2.25. The number of Topliss-reactive ketones (excluding diaryl/α,β-unsaturated/α-hetero) is 1. The Kier molecular flexibility index (Phi) is 4.49. The number of ketones is 1. The molecule has 2 aromatic rings. The number of halogens is 4. The van der Waals surface area contributed by atoms with Crippen molar-refractivity contribution in [3.63, 3.8) is 0 Å². The second-order valence-electron chi connectivity index (χ2n) is 4.63. The third-order valence-corrected chi connectivity index (χ3v) is 3.03. The van der Waals surface area contributed by atoms with Crippen LogP contribution in [0.2, 0.25) is 0 Å². The van der Waals surface area contributed by atoms with Crippen LogP contribution in [0.25, 0.3) is 0 Å². The molecule has 2 rings (SSSR count). The third kappa shape index (κ3) is 3.63. The second kappa shape index (κ2) is 6.17. The van der Waals surface area contributed by atoms with E-state index in [9.17, 15) is 22.4 Å². The summed E-state index contributed by atoms with van der Waals surface area (Å²) in [5, 5.41) is 0. The van der Waals surface area contributed by atoms with E-state index in [4.69, 9.17) is 4.74 Å². The number of hydrogen-bond acceptors (Lipinski definition) is 2. The van der Waals surface area contributed by atoms with Gasteiger partial charge in [-0.1, -0.05) is 24.3 Å². The van der Waals surface area contributed by atoms with Gasteiger partial charge >= 0.3 is 6.18 Å². The molecule has 0 aliphatic heterocycles. The van der Waals surface area contributed by atoms with Crippen molar-refractivity contribution in [1.29, 1.82) is 0 Å². The summed E-state index contributed by atoms with van der Waals surface area (Å²) in [7, 11) is 0. The highest BCUT2D eigenvalue weighted by molar-refractivity contribution is 6.01. The Morgan fingerprint density at radius 2 is 1.64 bits per heavy atom. The van der Waals surface area contributed by atoms with Crippen LogP contribution in [0.3, 0.4) is 0 Å². The molecule has 0 amide bonds. The van der Waals surface area contributed by atoms with E-state index in [0.29, 0.717) is 5.75 Å². The van der Waals surface area contributed by atoms with Crippen molar-refractivity contribution in [2.75, 3.05) is 0 Å². The van der Waals surface area contributed by atoms with Crippen molar-refractivity contribution in [3.05, 3.63) is 65.5 Å². The number of benzene rings is 2. The van der Waals surface area contributed by atoms with Gasteiger partial charge in [0, 0.05) is 11.1 Å². The maximum atomic E-state index is 12.8. The zero-order valence-corrected chi connectivity index (χ0v) is 11.5. The van der Waals surface area contributed by atoms with Crippen LogP contribution in [-0.4, -0.2) is 12.0 Å². The molecule has 0 aromatic heterocycles. The number of rotatable bonds is 4. The normalized spacial score (nSPS) is 12.8. The Balaban J connectivity index is 2.28. The minimum Gasteiger partial charge on any atom is -0.486 e. The number of ether oxygens (including phenoxy) is 1. The average Bonchev–Trinajstić information content (AvgIpc) is 2.48. The van der Waals surface area contributed by atoms with Gasteiger partial charge in [0.1, 0.15) is 17.7 Å². The van der Waals surface area contributed by atoms with Gasteiger partial charge in [0.15, 0.2) is 0 Å².